The highest BCUT2D eigenvalue weighted by Gasteiger charge is 2.17. The van der Waals surface area contributed by atoms with Crippen molar-refractivity contribution in [2.75, 3.05) is 18.2 Å². The van der Waals surface area contributed by atoms with Crippen LogP contribution in [0.4, 0.5) is 10.8 Å². The number of carbonyl (C=O) groups is 1. The van der Waals surface area contributed by atoms with Gasteiger partial charge in [0.05, 0.1) is 12.9 Å². The van der Waals surface area contributed by atoms with Crippen molar-refractivity contribution in [3.63, 3.8) is 0 Å². The minimum absolute atomic E-state index is 0.0835. The zero-order chi connectivity index (χ0) is 21.8. The number of thioether (sulfide) groups is 1. The number of nitrogens with zero attached hydrogens (tertiary/aromatic N) is 3. The van der Waals surface area contributed by atoms with Crippen LogP contribution in [0.15, 0.2) is 65.0 Å². The number of para-hydroxylation sites is 1. The Bertz CT molecular complexity index is 1180. The number of benzene rings is 2. The van der Waals surface area contributed by atoms with Gasteiger partial charge < -0.3 is 14.6 Å². The molecular weight excluding hydrogens is 428 g/mol. The minimum Gasteiger partial charge on any atom is -0.497 e. The number of rotatable bonds is 8. The first-order chi connectivity index (χ1) is 15.0. The van der Waals surface area contributed by atoms with E-state index < -0.39 is 0 Å². The molecule has 0 radical (unpaired) electrons. The first-order valence-electron chi connectivity index (χ1n) is 9.70. The molecule has 31 heavy (non-hydrogen) atoms. The summed E-state index contributed by atoms with van der Waals surface area (Å²) in [6, 6.07) is 19.6. The molecule has 0 atom stereocenters. The number of hydrogen-bond donors (Lipinski definition) is 1. The van der Waals surface area contributed by atoms with Crippen LogP contribution >= 0.6 is 23.1 Å². The minimum atomic E-state index is 0.0835. The molecule has 0 aliphatic carbocycles. The highest BCUT2D eigenvalue weighted by Crippen LogP contribution is 2.29. The molecule has 0 amide bonds. The third-order valence-corrected chi connectivity index (χ3v) is 6.79. The summed E-state index contributed by atoms with van der Waals surface area (Å²) < 4.78 is 8.03. The van der Waals surface area contributed by atoms with Gasteiger partial charge in [0, 0.05) is 28.3 Å². The van der Waals surface area contributed by atoms with E-state index in [2.05, 4.69) is 20.1 Å². The van der Waals surface area contributed by atoms with Crippen LogP contribution in [-0.4, -0.2) is 33.4 Å². The number of nitrogens with one attached hydrogen (secondary N) is 1. The molecule has 2 aromatic carbocycles. The van der Waals surface area contributed by atoms with Crippen molar-refractivity contribution >= 4 is 39.7 Å². The van der Waals surface area contributed by atoms with Gasteiger partial charge in [0.2, 0.25) is 5.13 Å². The van der Waals surface area contributed by atoms with E-state index in [1.54, 1.807) is 7.11 Å². The summed E-state index contributed by atoms with van der Waals surface area (Å²) in [5.41, 5.74) is 4.70. The molecule has 0 aliphatic heterocycles. The van der Waals surface area contributed by atoms with Gasteiger partial charge in [0.25, 0.3) is 0 Å². The molecule has 0 saturated carbocycles. The van der Waals surface area contributed by atoms with Crippen molar-refractivity contribution < 1.29 is 9.53 Å². The van der Waals surface area contributed by atoms with Gasteiger partial charge in [-0.3, -0.25) is 4.79 Å². The normalized spacial score (nSPS) is 10.8. The van der Waals surface area contributed by atoms with Gasteiger partial charge in [-0.15, -0.1) is 10.2 Å². The lowest BCUT2D eigenvalue weighted by Gasteiger charge is -2.09. The van der Waals surface area contributed by atoms with Gasteiger partial charge in [-0.1, -0.05) is 41.3 Å². The Morgan fingerprint density at radius 1 is 1.10 bits per heavy atom. The molecule has 4 aromatic rings. The zero-order valence-electron chi connectivity index (χ0n) is 17.5. The third-order valence-electron chi connectivity index (χ3n) is 4.82. The number of hydrogen-bond acceptors (Lipinski definition) is 7. The number of anilines is 2. The molecule has 8 heteroatoms. The molecule has 6 nitrogen and oxygen atoms in total. The van der Waals surface area contributed by atoms with Gasteiger partial charge in [0.15, 0.2) is 10.1 Å². The van der Waals surface area contributed by atoms with Gasteiger partial charge in [-0.05, 0) is 56.3 Å². The van der Waals surface area contributed by atoms with E-state index >= 15 is 0 Å². The number of aryl methyl sites for hydroxylation is 1. The zero-order valence-corrected chi connectivity index (χ0v) is 19.1. The van der Waals surface area contributed by atoms with Gasteiger partial charge in [0.1, 0.15) is 5.75 Å². The summed E-state index contributed by atoms with van der Waals surface area (Å²) in [6.45, 7) is 4.01. The highest BCUT2D eigenvalue weighted by molar-refractivity contribution is 8.01. The molecule has 2 aromatic heterocycles. The molecule has 0 fully saturated rings. The average molecular weight is 451 g/mol. The van der Waals surface area contributed by atoms with Crippen LogP contribution in [0.25, 0.3) is 5.69 Å². The third kappa shape index (κ3) is 4.81. The van der Waals surface area contributed by atoms with Crippen molar-refractivity contribution in [2.24, 2.45) is 0 Å². The molecule has 0 saturated heterocycles. The highest BCUT2D eigenvalue weighted by atomic mass is 32.2. The van der Waals surface area contributed by atoms with Crippen LogP contribution in [0.3, 0.4) is 0 Å². The average Bonchev–Trinajstić information content (AvgIpc) is 3.36. The molecule has 0 aliphatic rings. The van der Waals surface area contributed by atoms with Gasteiger partial charge >= 0.3 is 0 Å². The maximum absolute atomic E-state index is 12.9. The lowest BCUT2D eigenvalue weighted by atomic mass is 10.2. The molecule has 0 spiro atoms. The fourth-order valence-corrected chi connectivity index (χ4v) is 5.00. The Morgan fingerprint density at radius 2 is 1.84 bits per heavy atom. The number of carbonyl (C=O) groups excluding carboxylic acids is 1. The topological polar surface area (TPSA) is 69.0 Å². The molecule has 2 heterocycles. The Morgan fingerprint density at radius 3 is 2.55 bits per heavy atom. The van der Waals surface area contributed by atoms with Gasteiger partial charge in [-0.2, -0.15) is 0 Å². The summed E-state index contributed by atoms with van der Waals surface area (Å²) in [5, 5.41) is 12.3. The van der Waals surface area contributed by atoms with Crippen molar-refractivity contribution in [3.05, 3.63) is 77.6 Å². The van der Waals surface area contributed by atoms with E-state index in [0.29, 0.717) is 10.9 Å². The molecule has 4 rings (SSSR count). The second-order valence-corrected chi connectivity index (χ2v) is 9.09. The molecule has 158 valence electrons. The Kier molecular flexibility index (Phi) is 6.39. The predicted octanol–water partition coefficient (Wildman–Crippen LogP) is 5.67. The summed E-state index contributed by atoms with van der Waals surface area (Å²) in [7, 11) is 1.64. The predicted molar refractivity (Wildman–Crippen MR) is 126 cm³/mol. The Balaban J connectivity index is 1.40. The quantitative estimate of drug-likeness (QED) is 0.275. The van der Waals surface area contributed by atoms with E-state index in [1.807, 2.05) is 74.5 Å². The molecule has 1 N–H and O–H groups in total. The van der Waals surface area contributed by atoms with Crippen molar-refractivity contribution in [1.82, 2.24) is 14.8 Å². The maximum atomic E-state index is 12.9. The Labute approximate surface area is 189 Å². The van der Waals surface area contributed by atoms with Gasteiger partial charge in [-0.25, -0.2) is 0 Å². The van der Waals surface area contributed by atoms with Crippen LogP contribution in [0.2, 0.25) is 0 Å². The first-order valence-corrected chi connectivity index (χ1v) is 11.5. The fourth-order valence-electron chi connectivity index (χ4n) is 3.34. The van der Waals surface area contributed by atoms with E-state index in [1.165, 1.54) is 23.1 Å². The number of methoxy groups -OCH3 is 1. The summed E-state index contributed by atoms with van der Waals surface area (Å²) in [5.74, 6) is 1.19. The van der Waals surface area contributed by atoms with Crippen molar-refractivity contribution in [3.8, 4) is 11.4 Å². The first kappa shape index (κ1) is 21.1. The number of aromatic nitrogens is 3. The molecule has 0 unspecified atom stereocenters. The molecular formula is C23H22N4O2S2. The van der Waals surface area contributed by atoms with Crippen LogP contribution in [-0.2, 0) is 0 Å². The monoisotopic (exact) mass is 450 g/mol. The Hall–Kier alpha value is -3.10. The fraction of sp³-hybridized carbons (Fsp3) is 0.174. The lowest BCUT2D eigenvalue weighted by Crippen LogP contribution is -2.05. The number of ketones is 1. The van der Waals surface area contributed by atoms with Crippen molar-refractivity contribution in [1.29, 1.82) is 0 Å². The number of Topliss-reactive ketones (excluding diaryl/α,β-unsaturated/α-hetero) is 1. The van der Waals surface area contributed by atoms with E-state index in [-0.39, 0.29) is 5.78 Å². The maximum Gasteiger partial charge on any atom is 0.210 e. The summed E-state index contributed by atoms with van der Waals surface area (Å²) >= 11 is 2.83. The largest absolute Gasteiger partial charge is 0.497 e. The second-order valence-electron chi connectivity index (χ2n) is 6.89. The molecule has 0 bridgehead atoms. The van der Waals surface area contributed by atoms with Crippen LogP contribution in [0.1, 0.15) is 21.7 Å². The van der Waals surface area contributed by atoms with Crippen molar-refractivity contribution in [2.45, 2.75) is 18.2 Å². The van der Waals surface area contributed by atoms with E-state index in [9.17, 15) is 4.79 Å². The standard InChI is InChI=1S/C23H22N4O2S2/c1-15-13-20(16(2)27(15)18-7-5-4-6-8-18)21(28)14-30-23-26-25-22(31-23)24-17-9-11-19(29-3)12-10-17/h4-13H,14H2,1-3H3,(H,24,25). The summed E-state index contributed by atoms with van der Waals surface area (Å²) in [6.07, 6.45) is 0. The summed E-state index contributed by atoms with van der Waals surface area (Å²) in [4.78, 5) is 12.9. The van der Waals surface area contributed by atoms with Crippen LogP contribution in [0.5, 0.6) is 5.75 Å². The van der Waals surface area contributed by atoms with Crippen LogP contribution < -0.4 is 10.1 Å². The smallest absolute Gasteiger partial charge is 0.210 e. The second kappa shape index (κ2) is 9.36. The van der Waals surface area contributed by atoms with Crippen LogP contribution in [0, 0.1) is 13.8 Å². The van der Waals surface area contributed by atoms with E-state index in [0.717, 1.165) is 38.4 Å². The number of ether oxygens (including phenoxy) is 1. The lowest BCUT2D eigenvalue weighted by molar-refractivity contribution is 0.102. The van der Waals surface area contributed by atoms with E-state index in [4.69, 9.17) is 4.74 Å². The SMILES string of the molecule is COc1ccc(Nc2nnc(SCC(=O)c3cc(C)n(-c4ccccc4)c3C)s2)cc1.